The number of aliphatic hydroxyl groups excluding tert-OH is 1. The van der Waals surface area contributed by atoms with Crippen LogP contribution in [0, 0.1) is 5.82 Å². The average molecular weight is 349 g/mol. The molecule has 0 aliphatic rings. The van der Waals surface area contributed by atoms with E-state index in [1.165, 1.54) is 12.1 Å². The minimum absolute atomic E-state index is 0.256. The third kappa shape index (κ3) is 6.84. The van der Waals surface area contributed by atoms with Gasteiger partial charge in [0.1, 0.15) is 5.82 Å². The third-order valence-corrected chi connectivity index (χ3v) is 3.45. The number of nitrogens with one attached hydrogen (secondary N) is 2. The molecule has 0 aliphatic carbocycles. The van der Waals surface area contributed by atoms with Gasteiger partial charge in [0.2, 0.25) is 0 Å². The monoisotopic (exact) mass is 348 g/mol. The zero-order chi connectivity index (χ0) is 14.1. The van der Waals surface area contributed by atoms with Gasteiger partial charge in [0.05, 0.1) is 5.69 Å². The highest BCUT2D eigenvalue weighted by Gasteiger charge is 2.03. The molecule has 0 unspecified atom stereocenters. The van der Waals surface area contributed by atoms with Crippen LogP contribution in [0.2, 0.25) is 0 Å². The van der Waals surface area contributed by atoms with E-state index in [4.69, 9.17) is 17.3 Å². The van der Waals surface area contributed by atoms with Gasteiger partial charge >= 0.3 is 0 Å². The van der Waals surface area contributed by atoms with Gasteiger partial charge in [-0.2, -0.15) is 0 Å². The van der Waals surface area contributed by atoms with Crippen molar-refractivity contribution in [3.05, 3.63) is 28.5 Å². The lowest BCUT2D eigenvalue weighted by Crippen LogP contribution is -2.29. The number of hydrogen-bond donors (Lipinski definition) is 3. The van der Waals surface area contributed by atoms with Gasteiger partial charge in [-0.25, -0.2) is 4.39 Å². The fourth-order valence-corrected chi connectivity index (χ4v) is 2.21. The molecular weight excluding hydrogens is 331 g/mol. The van der Waals surface area contributed by atoms with E-state index in [1.54, 1.807) is 6.07 Å². The van der Waals surface area contributed by atoms with Crippen molar-refractivity contribution in [2.45, 2.75) is 25.7 Å². The lowest BCUT2D eigenvalue weighted by atomic mass is 10.2. The van der Waals surface area contributed by atoms with Crippen LogP contribution in [0.15, 0.2) is 22.7 Å². The molecule has 0 fully saturated rings. The van der Waals surface area contributed by atoms with Gasteiger partial charge in [0, 0.05) is 17.6 Å². The Kier molecular flexibility index (Phi) is 7.93. The van der Waals surface area contributed by atoms with Gasteiger partial charge in [-0.3, -0.25) is 0 Å². The Morgan fingerprint density at radius 2 is 2.00 bits per heavy atom. The molecule has 0 amide bonds. The molecule has 3 N–H and O–H groups in total. The van der Waals surface area contributed by atoms with Crippen molar-refractivity contribution >= 4 is 38.9 Å². The Bertz CT molecular complexity index is 418. The number of aliphatic hydroxyl groups is 1. The zero-order valence-corrected chi connectivity index (χ0v) is 13.0. The average Bonchev–Trinajstić information content (AvgIpc) is 2.37. The summed E-state index contributed by atoms with van der Waals surface area (Å²) in [6.45, 7) is 1.04. The number of halogens is 2. The first-order valence-corrected chi connectivity index (χ1v) is 7.44. The highest BCUT2D eigenvalue weighted by Crippen LogP contribution is 2.22. The molecule has 3 nitrogen and oxygen atoms in total. The van der Waals surface area contributed by atoms with Crippen LogP contribution < -0.4 is 10.6 Å². The van der Waals surface area contributed by atoms with Crippen LogP contribution in [0.1, 0.15) is 25.7 Å². The smallest absolute Gasteiger partial charge is 0.170 e. The molecule has 0 bridgehead atoms. The number of benzene rings is 1. The first-order chi connectivity index (χ1) is 9.13. The van der Waals surface area contributed by atoms with E-state index in [9.17, 15) is 4.39 Å². The standard InChI is InChI=1S/C13H18BrFN2OS/c14-11-9-10(15)5-6-12(11)17-13(19)16-7-3-1-2-4-8-18/h5-6,9,18H,1-4,7-8H2,(H2,16,17,19). The van der Waals surface area contributed by atoms with Gasteiger partial charge < -0.3 is 15.7 Å². The molecule has 0 saturated heterocycles. The van der Waals surface area contributed by atoms with Crippen molar-refractivity contribution in [1.29, 1.82) is 0 Å². The summed E-state index contributed by atoms with van der Waals surface area (Å²) < 4.78 is 13.5. The van der Waals surface area contributed by atoms with E-state index in [0.29, 0.717) is 9.59 Å². The van der Waals surface area contributed by atoms with E-state index in [-0.39, 0.29) is 12.4 Å². The molecule has 0 saturated carbocycles. The normalized spacial score (nSPS) is 10.3. The van der Waals surface area contributed by atoms with Crippen LogP contribution in [-0.2, 0) is 0 Å². The number of hydrogen-bond acceptors (Lipinski definition) is 2. The number of rotatable bonds is 7. The van der Waals surface area contributed by atoms with E-state index < -0.39 is 0 Å². The summed E-state index contributed by atoms with van der Waals surface area (Å²) in [4.78, 5) is 0. The van der Waals surface area contributed by atoms with Crippen LogP contribution in [-0.4, -0.2) is 23.4 Å². The summed E-state index contributed by atoms with van der Waals surface area (Å²) in [6, 6.07) is 4.40. The second kappa shape index (κ2) is 9.23. The molecule has 19 heavy (non-hydrogen) atoms. The summed E-state index contributed by atoms with van der Waals surface area (Å²) in [6.07, 6.45) is 3.95. The van der Waals surface area contributed by atoms with Crippen LogP contribution >= 0.6 is 28.1 Å². The Morgan fingerprint density at radius 1 is 1.26 bits per heavy atom. The summed E-state index contributed by atoms with van der Waals surface area (Å²) in [5, 5.41) is 15.3. The number of unbranched alkanes of at least 4 members (excludes halogenated alkanes) is 3. The largest absolute Gasteiger partial charge is 0.396 e. The highest BCUT2D eigenvalue weighted by molar-refractivity contribution is 9.10. The predicted octanol–water partition coefficient (Wildman–Crippen LogP) is 3.43. The quantitative estimate of drug-likeness (QED) is 0.521. The Balaban J connectivity index is 2.23. The zero-order valence-electron chi connectivity index (χ0n) is 10.6. The first kappa shape index (κ1) is 16.3. The molecule has 0 aromatic heterocycles. The van der Waals surface area contributed by atoms with Crippen molar-refractivity contribution in [3.8, 4) is 0 Å². The molecule has 1 aromatic carbocycles. The van der Waals surface area contributed by atoms with Gasteiger partial charge in [0.25, 0.3) is 0 Å². The molecule has 0 radical (unpaired) electrons. The second-order valence-electron chi connectivity index (χ2n) is 4.14. The molecule has 0 aliphatic heterocycles. The van der Waals surface area contributed by atoms with Crippen molar-refractivity contribution in [1.82, 2.24) is 5.32 Å². The maximum absolute atomic E-state index is 12.9. The van der Waals surface area contributed by atoms with Gasteiger partial charge in [-0.15, -0.1) is 0 Å². The maximum atomic E-state index is 12.9. The van der Waals surface area contributed by atoms with Crippen LogP contribution in [0.25, 0.3) is 0 Å². The van der Waals surface area contributed by atoms with Crippen molar-refractivity contribution in [3.63, 3.8) is 0 Å². The minimum atomic E-state index is -0.291. The number of thiocarbonyl (C=S) groups is 1. The molecule has 0 atom stereocenters. The van der Waals surface area contributed by atoms with E-state index in [0.717, 1.165) is 37.9 Å². The maximum Gasteiger partial charge on any atom is 0.170 e. The van der Waals surface area contributed by atoms with Crippen molar-refractivity contribution < 1.29 is 9.50 Å². The Labute approximate surface area is 126 Å². The summed E-state index contributed by atoms with van der Waals surface area (Å²) >= 11 is 8.42. The fourth-order valence-electron chi connectivity index (χ4n) is 1.55. The van der Waals surface area contributed by atoms with Crippen molar-refractivity contribution in [2.24, 2.45) is 0 Å². The SMILES string of the molecule is OCCCCCCNC(=S)Nc1ccc(F)cc1Br. The van der Waals surface area contributed by atoms with Crippen LogP contribution in [0.4, 0.5) is 10.1 Å². The molecule has 1 rings (SSSR count). The topological polar surface area (TPSA) is 44.3 Å². The first-order valence-electron chi connectivity index (χ1n) is 6.24. The van der Waals surface area contributed by atoms with Gasteiger partial charge in [0.15, 0.2) is 5.11 Å². The molecule has 0 heterocycles. The van der Waals surface area contributed by atoms with E-state index in [2.05, 4.69) is 26.6 Å². The van der Waals surface area contributed by atoms with E-state index >= 15 is 0 Å². The van der Waals surface area contributed by atoms with Crippen LogP contribution in [0.5, 0.6) is 0 Å². The molecular formula is C13H18BrFN2OS. The lowest BCUT2D eigenvalue weighted by Gasteiger charge is -2.11. The highest BCUT2D eigenvalue weighted by atomic mass is 79.9. The third-order valence-electron chi connectivity index (χ3n) is 2.55. The lowest BCUT2D eigenvalue weighted by molar-refractivity contribution is 0.282. The summed E-state index contributed by atoms with van der Waals surface area (Å²) in [5.74, 6) is -0.291. The minimum Gasteiger partial charge on any atom is -0.396 e. The molecule has 0 spiro atoms. The Morgan fingerprint density at radius 3 is 2.68 bits per heavy atom. The summed E-state index contributed by atoms with van der Waals surface area (Å²) in [7, 11) is 0. The molecule has 6 heteroatoms. The Hall–Kier alpha value is -0.720. The van der Waals surface area contributed by atoms with Crippen molar-refractivity contribution in [2.75, 3.05) is 18.5 Å². The fraction of sp³-hybridized carbons (Fsp3) is 0.462. The molecule has 106 valence electrons. The molecule has 1 aromatic rings. The van der Waals surface area contributed by atoms with E-state index in [1.807, 2.05) is 0 Å². The van der Waals surface area contributed by atoms with Gasteiger partial charge in [-0.05, 0) is 59.2 Å². The van der Waals surface area contributed by atoms with Gasteiger partial charge in [-0.1, -0.05) is 12.8 Å². The number of anilines is 1. The van der Waals surface area contributed by atoms with Crippen LogP contribution in [0.3, 0.4) is 0 Å². The summed E-state index contributed by atoms with van der Waals surface area (Å²) in [5.41, 5.74) is 0.735. The predicted molar refractivity (Wildman–Crippen MR) is 83.9 cm³/mol. The second-order valence-corrected chi connectivity index (χ2v) is 5.41.